The molecule has 0 aliphatic heterocycles. The van der Waals surface area contributed by atoms with Gasteiger partial charge in [0.25, 0.3) is 0 Å². The minimum Gasteiger partial charge on any atom is -0.489 e. The third-order valence-corrected chi connectivity index (χ3v) is 2.88. The molecule has 100 valence electrons. The normalized spacial score (nSPS) is 12.2. The molecular formula is C16H20N2O. The van der Waals surface area contributed by atoms with E-state index in [2.05, 4.69) is 24.0 Å². The summed E-state index contributed by atoms with van der Waals surface area (Å²) in [6.45, 7) is 4.62. The van der Waals surface area contributed by atoms with Gasteiger partial charge in [-0.15, -0.1) is 0 Å². The summed E-state index contributed by atoms with van der Waals surface area (Å²) < 4.78 is 5.88. The fourth-order valence-corrected chi connectivity index (χ4v) is 2.00. The summed E-state index contributed by atoms with van der Waals surface area (Å²) >= 11 is 0. The van der Waals surface area contributed by atoms with Crippen LogP contribution >= 0.6 is 0 Å². The Hall–Kier alpha value is -1.87. The first kappa shape index (κ1) is 13.6. The summed E-state index contributed by atoms with van der Waals surface area (Å²) in [6, 6.07) is 10.3. The summed E-state index contributed by atoms with van der Waals surface area (Å²) in [4.78, 5) is 4.08. The Balaban J connectivity index is 2.11. The Morgan fingerprint density at radius 1 is 1.32 bits per heavy atom. The predicted molar refractivity (Wildman–Crippen MR) is 77.1 cm³/mol. The topological polar surface area (TPSA) is 48.1 Å². The SMILES string of the molecule is Cc1ccc(OCc2cccnc2)c(CC(C)N)c1. The predicted octanol–water partition coefficient (Wildman–Crippen LogP) is 2.86. The van der Waals surface area contributed by atoms with Crippen molar-refractivity contribution < 1.29 is 4.74 Å². The average Bonchev–Trinajstić information content (AvgIpc) is 2.38. The molecule has 2 N–H and O–H groups in total. The highest BCUT2D eigenvalue weighted by atomic mass is 16.5. The summed E-state index contributed by atoms with van der Waals surface area (Å²) in [7, 11) is 0. The van der Waals surface area contributed by atoms with Crippen LogP contribution in [0.3, 0.4) is 0 Å². The van der Waals surface area contributed by atoms with Crippen LogP contribution in [0.25, 0.3) is 0 Å². The maximum atomic E-state index is 5.89. The van der Waals surface area contributed by atoms with Crippen molar-refractivity contribution >= 4 is 0 Å². The minimum atomic E-state index is 0.127. The Bertz CT molecular complexity index is 524. The summed E-state index contributed by atoms with van der Waals surface area (Å²) in [5.41, 5.74) is 9.34. The van der Waals surface area contributed by atoms with Gasteiger partial charge in [0.1, 0.15) is 12.4 Å². The Morgan fingerprint density at radius 2 is 2.16 bits per heavy atom. The van der Waals surface area contributed by atoms with Crippen LogP contribution in [-0.4, -0.2) is 11.0 Å². The maximum Gasteiger partial charge on any atom is 0.123 e. The fraction of sp³-hybridized carbons (Fsp3) is 0.312. The van der Waals surface area contributed by atoms with Crippen molar-refractivity contribution in [2.75, 3.05) is 0 Å². The van der Waals surface area contributed by atoms with Gasteiger partial charge in [-0.25, -0.2) is 0 Å². The van der Waals surface area contributed by atoms with Crippen LogP contribution in [0.2, 0.25) is 0 Å². The van der Waals surface area contributed by atoms with Crippen LogP contribution in [0.4, 0.5) is 0 Å². The number of hydrogen-bond donors (Lipinski definition) is 1. The average molecular weight is 256 g/mol. The standard InChI is InChI=1S/C16H20N2O/c1-12-5-6-16(15(8-12)9-13(2)17)19-11-14-4-3-7-18-10-14/h3-8,10,13H,9,11,17H2,1-2H3. The lowest BCUT2D eigenvalue weighted by Crippen LogP contribution is -2.18. The number of nitrogens with two attached hydrogens (primary N) is 1. The molecule has 1 heterocycles. The summed E-state index contributed by atoms with van der Waals surface area (Å²) in [5.74, 6) is 0.909. The molecule has 0 aliphatic carbocycles. The minimum absolute atomic E-state index is 0.127. The van der Waals surface area contributed by atoms with E-state index in [-0.39, 0.29) is 6.04 Å². The molecule has 1 atom stereocenters. The Labute approximate surface area is 114 Å². The van der Waals surface area contributed by atoms with E-state index in [0.29, 0.717) is 6.61 Å². The number of rotatable bonds is 5. The number of hydrogen-bond acceptors (Lipinski definition) is 3. The molecular weight excluding hydrogens is 236 g/mol. The van der Waals surface area contributed by atoms with E-state index in [1.807, 2.05) is 31.3 Å². The molecule has 0 saturated heterocycles. The van der Waals surface area contributed by atoms with Gasteiger partial charge >= 0.3 is 0 Å². The highest BCUT2D eigenvalue weighted by Gasteiger charge is 2.07. The van der Waals surface area contributed by atoms with Gasteiger partial charge in [0, 0.05) is 24.0 Å². The number of benzene rings is 1. The van der Waals surface area contributed by atoms with Crippen molar-refractivity contribution in [1.29, 1.82) is 0 Å². The molecule has 0 saturated carbocycles. The smallest absolute Gasteiger partial charge is 0.123 e. The van der Waals surface area contributed by atoms with Crippen molar-refractivity contribution in [2.24, 2.45) is 5.73 Å². The van der Waals surface area contributed by atoms with Gasteiger partial charge in [0.05, 0.1) is 0 Å². The van der Waals surface area contributed by atoms with E-state index in [1.165, 1.54) is 11.1 Å². The zero-order valence-corrected chi connectivity index (χ0v) is 11.5. The molecule has 1 aromatic carbocycles. The van der Waals surface area contributed by atoms with Crippen LogP contribution in [0.15, 0.2) is 42.7 Å². The molecule has 0 amide bonds. The van der Waals surface area contributed by atoms with E-state index in [1.54, 1.807) is 6.20 Å². The molecule has 3 nitrogen and oxygen atoms in total. The summed E-state index contributed by atoms with van der Waals surface area (Å²) in [6.07, 6.45) is 4.40. The van der Waals surface area contributed by atoms with Crippen LogP contribution in [0, 0.1) is 6.92 Å². The second-order valence-corrected chi connectivity index (χ2v) is 4.94. The molecule has 0 bridgehead atoms. The highest BCUT2D eigenvalue weighted by Crippen LogP contribution is 2.22. The molecule has 0 spiro atoms. The number of pyridine rings is 1. The highest BCUT2D eigenvalue weighted by molar-refractivity contribution is 5.37. The number of ether oxygens (including phenoxy) is 1. The molecule has 19 heavy (non-hydrogen) atoms. The first-order chi connectivity index (χ1) is 9.15. The third-order valence-electron chi connectivity index (χ3n) is 2.88. The van der Waals surface area contributed by atoms with Crippen molar-refractivity contribution in [1.82, 2.24) is 4.98 Å². The van der Waals surface area contributed by atoms with E-state index in [9.17, 15) is 0 Å². The maximum absolute atomic E-state index is 5.89. The van der Waals surface area contributed by atoms with Crippen molar-refractivity contribution in [2.45, 2.75) is 32.9 Å². The first-order valence-electron chi connectivity index (χ1n) is 6.52. The zero-order valence-electron chi connectivity index (χ0n) is 11.5. The van der Waals surface area contributed by atoms with E-state index in [0.717, 1.165) is 17.7 Å². The van der Waals surface area contributed by atoms with E-state index < -0.39 is 0 Å². The summed E-state index contributed by atoms with van der Waals surface area (Å²) in [5, 5.41) is 0. The molecule has 2 aromatic rings. The zero-order chi connectivity index (χ0) is 13.7. The van der Waals surface area contributed by atoms with E-state index >= 15 is 0 Å². The second kappa shape index (κ2) is 6.34. The number of aromatic nitrogens is 1. The van der Waals surface area contributed by atoms with Crippen molar-refractivity contribution in [3.8, 4) is 5.75 Å². The fourth-order valence-electron chi connectivity index (χ4n) is 2.00. The first-order valence-corrected chi connectivity index (χ1v) is 6.52. The molecule has 1 unspecified atom stereocenters. The van der Waals surface area contributed by atoms with E-state index in [4.69, 9.17) is 10.5 Å². The molecule has 3 heteroatoms. The van der Waals surface area contributed by atoms with Gasteiger partial charge in [-0.1, -0.05) is 23.8 Å². The van der Waals surface area contributed by atoms with Gasteiger partial charge in [-0.05, 0) is 38.0 Å². The van der Waals surface area contributed by atoms with Gasteiger partial charge < -0.3 is 10.5 Å². The molecule has 1 aromatic heterocycles. The lowest BCUT2D eigenvalue weighted by Gasteiger charge is -2.14. The van der Waals surface area contributed by atoms with Crippen molar-refractivity contribution in [3.63, 3.8) is 0 Å². The van der Waals surface area contributed by atoms with Crippen LogP contribution in [-0.2, 0) is 13.0 Å². The second-order valence-electron chi connectivity index (χ2n) is 4.94. The monoisotopic (exact) mass is 256 g/mol. The van der Waals surface area contributed by atoms with Gasteiger partial charge in [0.15, 0.2) is 0 Å². The van der Waals surface area contributed by atoms with Gasteiger partial charge in [0.2, 0.25) is 0 Å². The lowest BCUT2D eigenvalue weighted by atomic mass is 10.0. The lowest BCUT2D eigenvalue weighted by molar-refractivity contribution is 0.302. The molecule has 2 rings (SSSR count). The van der Waals surface area contributed by atoms with Gasteiger partial charge in [-0.3, -0.25) is 4.98 Å². The van der Waals surface area contributed by atoms with Crippen LogP contribution < -0.4 is 10.5 Å². The number of nitrogens with zero attached hydrogens (tertiary/aromatic N) is 1. The Kier molecular flexibility index (Phi) is 4.53. The quantitative estimate of drug-likeness (QED) is 0.894. The Morgan fingerprint density at radius 3 is 2.84 bits per heavy atom. The van der Waals surface area contributed by atoms with Crippen LogP contribution in [0.1, 0.15) is 23.6 Å². The largest absolute Gasteiger partial charge is 0.489 e. The molecule has 0 radical (unpaired) electrons. The van der Waals surface area contributed by atoms with Crippen molar-refractivity contribution in [3.05, 3.63) is 59.4 Å². The molecule has 0 fully saturated rings. The molecule has 0 aliphatic rings. The number of aryl methyl sites for hydroxylation is 1. The third kappa shape index (κ3) is 4.07. The van der Waals surface area contributed by atoms with Gasteiger partial charge in [-0.2, -0.15) is 0 Å². The van der Waals surface area contributed by atoms with Crippen LogP contribution in [0.5, 0.6) is 5.75 Å².